The lowest BCUT2D eigenvalue weighted by molar-refractivity contribution is 0.402. The lowest BCUT2D eigenvalue weighted by atomic mass is 10.2. The smallest absolute Gasteiger partial charge is 0.265 e. The van der Waals surface area contributed by atoms with Crippen LogP contribution in [-0.4, -0.2) is 20.5 Å². The maximum atomic E-state index is 13.7. The highest BCUT2D eigenvalue weighted by atomic mass is 32.2. The molecular formula is C19H18FN3O3S. The number of aromatic nitrogens is 1. The number of halogens is 1. The molecule has 0 saturated carbocycles. The number of nitrogens with one attached hydrogen (secondary N) is 2. The van der Waals surface area contributed by atoms with Gasteiger partial charge in [0.1, 0.15) is 22.3 Å². The highest BCUT2D eigenvalue weighted by Crippen LogP contribution is 2.27. The Hall–Kier alpha value is -3.13. The molecule has 0 saturated heterocycles. The summed E-state index contributed by atoms with van der Waals surface area (Å²) >= 11 is 0. The summed E-state index contributed by atoms with van der Waals surface area (Å²) in [6, 6.07) is 14.2. The maximum Gasteiger partial charge on any atom is 0.265 e. The van der Waals surface area contributed by atoms with Gasteiger partial charge in [-0.15, -0.1) is 0 Å². The first kappa shape index (κ1) is 18.7. The third-order valence-electron chi connectivity index (χ3n) is 3.76. The molecule has 1 heterocycles. The van der Waals surface area contributed by atoms with E-state index in [1.165, 1.54) is 31.5 Å². The van der Waals surface area contributed by atoms with Crippen LogP contribution in [0.15, 0.2) is 65.7 Å². The fraction of sp³-hybridized carbons (Fsp3) is 0.105. The molecule has 0 bridgehead atoms. The van der Waals surface area contributed by atoms with Crippen LogP contribution in [0.2, 0.25) is 0 Å². The van der Waals surface area contributed by atoms with Crippen molar-refractivity contribution in [2.24, 2.45) is 0 Å². The summed E-state index contributed by atoms with van der Waals surface area (Å²) in [4.78, 5) is 4.16. The third-order valence-corrected chi connectivity index (χ3v) is 5.16. The van der Waals surface area contributed by atoms with E-state index >= 15 is 0 Å². The summed E-state index contributed by atoms with van der Waals surface area (Å²) in [5, 5.41) is 2.84. The second-order valence-corrected chi connectivity index (χ2v) is 7.45. The van der Waals surface area contributed by atoms with Crippen molar-refractivity contribution in [3.05, 3.63) is 72.2 Å². The minimum atomic E-state index is -3.85. The van der Waals surface area contributed by atoms with E-state index in [9.17, 15) is 12.8 Å². The molecule has 8 heteroatoms. The van der Waals surface area contributed by atoms with Gasteiger partial charge in [-0.25, -0.2) is 17.8 Å². The van der Waals surface area contributed by atoms with Gasteiger partial charge in [-0.2, -0.15) is 0 Å². The summed E-state index contributed by atoms with van der Waals surface area (Å²) in [6.07, 6.45) is 1.35. The Morgan fingerprint density at radius 1 is 1.07 bits per heavy atom. The topological polar surface area (TPSA) is 80.3 Å². The standard InChI is InChI=1S/C19H18FN3O3S/c1-13-7-9-17(26-2)18(11-13)27(24,25)23-14-8-10-19(21-12-14)22-16-6-4-3-5-15(16)20/h3-12,23H,1-2H3,(H,21,22). The molecule has 2 aromatic carbocycles. The predicted molar refractivity (Wildman–Crippen MR) is 102 cm³/mol. The van der Waals surface area contributed by atoms with Crippen LogP contribution in [0.3, 0.4) is 0 Å². The minimum absolute atomic E-state index is 0.0403. The van der Waals surface area contributed by atoms with Crippen molar-refractivity contribution in [3.8, 4) is 5.75 Å². The zero-order valence-corrected chi connectivity index (χ0v) is 15.5. The summed E-state index contributed by atoms with van der Waals surface area (Å²) in [7, 11) is -2.44. The summed E-state index contributed by atoms with van der Waals surface area (Å²) in [6.45, 7) is 1.79. The zero-order valence-electron chi connectivity index (χ0n) is 14.7. The average Bonchev–Trinajstić information content (AvgIpc) is 2.65. The molecule has 0 amide bonds. The van der Waals surface area contributed by atoms with E-state index in [-0.39, 0.29) is 22.0 Å². The van der Waals surface area contributed by atoms with Crippen LogP contribution in [0, 0.1) is 12.7 Å². The molecule has 6 nitrogen and oxygen atoms in total. The van der Waals surface area contributed by atoms with E-state index in [1.54, 1.807) is 43.3 Å². The first-order valence-corrected chi connectivity index (χ1v) is 9.52. The van der Waals surface area contributed by atoms with Crippen molar-refractivity contribution in [2.45, 2.75) is 11.8 Å². The second kappa shape index (κ2) is 7.63. The number of anilines is 3. The van der Waals surface area contributed by atoms with E-state index in [4.69, 9.17) is 4.74 Å². The number of benzene rings is 2. The van der Waals surface area contributed by atoms with Crippen LogP contribution in [0.4, 0.5) is 21.6 Å². The first-order valence-electron chi connectivity index (χ1n) is 8.04. The second-order valence-electron chi connectivity index (χ2n) is 5.80. The molecule has 0 aliphatic heterocycles. The zero-order chi connectivity index (χ0) is 19.4. The highest BCUT2D eigenvalue weighted by Gasteiger charge is 2.20. The maximum absolute atomic E-state index is 13.7. The number of ether oxygens (including phenoxy) is 1. The molecule has 0 unspecified atom stereocenters. The molecule has 0 fully saturated rings. The number of nitrogens with zero attached hydrogens (tertiary/aromatic N) is 1. The molecule has 0 radical (unpaired) electrons. The number of methoxy groups -OCH3 is 1. The normalized spacial score (nSPS) is 11.1. The monoisotopic (exact) mass is 387 g/mol. The summed E-state index contributed by atoms with van der Waals surface area (Å²) < 4.78 is 46.6. The Kier molecular flexibility index (Phi) is 5.27. The quantitative estimate of drug-likeness (QED) is 0.666. The van der Waals surface area contributed by atoms with Crippen molar-refractivity contribution < 1.29 is 17.5 Å². The number of hydrogen-bond donors (Lipinski definition) is 2. The molecule has 2 N–H and O–H groups in total. The molecule has 3 aromatic rings. The molecule has 0 spiro atoms. The highest BCUT2D eigenvalue weighted by molar-refractivity contribution is 7.92. The lowest BCUT2D eigenvalue weighted by Gasteiger charge is -2.13. The Morgan fingerprint density at radius 3 is 2.52 bits per heavy atom. The minimum Gasteiger partial charge on any atom is -0.495 e. The predicted octanol–water partition coefficient (Wildman–Crippen LogP) is 4.08. The van der Waals surface area contributed by atoms with E-state index in [1.807, 2.05) is 0 Å². The Balaban J connectivity index is 1.80. The van der Waals surface area contributed by atoms with Gasteiger partial charge >= 0.3 is 0 Å². The number of sulfonamides is 1. The van der Waals surface area contributed by atoms with E-state index < -0.39 is 15.8 Å². The number of para-hydroxylation sites is 1. The fourth-order valence-electron chi connectivity index (χ4n) is 2.43. The Labute approximate surface area is 157 Å². The van der Waals surface area contributed by atoms with Gasteiger partial charge < -0.3 is 10.1 Å². The van der Waals surface area contributed by atoms with E-state index in [0.717, 1.165) is 5.56 Å². The van der Waals surface area contributed by atoms with Crippen LogP contribution in [0.25, 0.3) is 0 Å². The van der Waals surface area contributed by atoms with Crippen LogP contribution < -0.4 is 14.8 Å². The lowest BCUT2D eigenvalue weighted by Crippen LogP contribution is -2.14. The molecule has 0 aliphatic rings. The number of pyridine rings is 1. The molecule has 1 aromatic heterocycles. The first-order chi connectivity index (χ1) is 12.9. The molecule has 27 heavy (non-hydrogen) atoms. The largest absolute Gasteiger partial charge is 0.495 e. The number of rotatable bonds is 6. The molecular weight excluding hydrogens is 369 g/mol. The van der Waals surface area contributed by atoms with Gasteiger partial charge in [0.05, 0.1) is 24.7 Å². The SMILES string of the molecule is COc1ccc(C)cc1S(=O)(=O)Nc1ccc(Nc2ccccc2F)nc1. The summed E-state index contributed by atoms with van der Waals surface area (Å²) in [5.41, 5.74) is 1.35. The van der Waals surface area contributed by atoms with Crippen LogP contribution in [-0.2, 0) is 10.0 Å². The molecule has 3 rings (SSSR count). The van der Waals surface area contributed by atoms with Crippen LogP contribution in [0.1, 0.15) is 5.56 Å². The van der Waals surface area contributed by atoms with Gasteiger partial charge in [0, 0.05) is 0 Å². The Morgan fingerprint density at radius 2 is 1.85 bits per heavy atom. The molecule has 140 valence electrons. The molecule has 0 aliphatic carbocycles. The summed E-state index contributed by atoms with van der Waals surface area (Å²) in [5.74, 6) is 0.228. The number of aryl methyl sites for hydroxylation is 1. The number of hydrogen-bond acceptors (Lipinski definition) is 5. The van der Waals surface area contributed by atoms with E-state index in [0.29, 0.717) is 5.82 Å². The van der Waals surface area contributed by atoms with Crippen LogP contribution >= 0.6 is 0 Å². The van der Waals surface area contributed by atoms with Crippen molar-refractivity contribution >= 4 is 27.2 Å². The van der Waals surface area contributed by atoms with Gasteiger partial charge in [-0.05, 0) is 48.9 Å². The van der Waals surface area contributed by atoms with Gasteiger partial charge in [-0.3, -0.25) is 4.72 Å². The van der Waals surface area contributed by atoms with Gasteiger partial charge in [0.25, 0.3) is 10.0 Å². The van der Waals surface area contributed by atoms with Gasteiger partial charge in [-0.1, -0.05) is 18.2 Å². The van der Waals surface area contributed by atoms with Crippen molar-refractivity contribution in [2.75, 3.05) is 17.1 Å². The van der Waals surface area contributed by atoms with Gasteiger partial charge in [0.15, 0.2) is 0 Å². The third kappa shape index (κ3) is 4.35. The van der Waals surface area contributed by atoms with Crippen molar-refractivity contribution in [3.63, 3.8) is 0 Å². The van der Waals surface area contributed by atoms with Gasteiger partial charge in [0.2, 0.25) is 0 Å². The Bertz CT molecular complexity index is 1050. The fourth-order valence-corrected chi connectivity index (χ4v) is 3.73. The van der Waals surface area contributed by atoms with Crippen molar-refractivity contribution in [1.29, 1.82) is 0 Å². The van der Waals surface area contributed by atoms with Crippen LogP contribution in [0.5, 0.6) is 5.75 Å². The van der Waals surface area contributed by atoms with Crippen molar-refractivity contribution in [1.82, 2.24) is 4.98 Å². The average molecular weight is 387 g/mol. The van der Waals surface area contributed by atoms with E-state index in [2.05, 4.69) is 15.0 Å². The molecule has 0 atom stereocenters.